The fraction of sp³-hybridized carbons (Fsp3) is 0.677. The highest BCUT2D eigenvalue weighted by Crippen LogP contribution is 2.50. The van der Waals surface area contributed by atoms with Crippen molar-refractivity contribution in [2.75, 3.05) is 54.0 Å². The third-order valence-electron chi connectivity index (χ3n) is 10.1. The van der Waals surface area contributed by atoms with Gasteiger partial charge < -0.3 is 25.0 Å². The third-order valence-corrected chi connectivity index (χ3v) is 10.1. The summed E-state index contributed by atoms with van der Waals surface area (Å²) >= 11 is 0. The summed E-state index contributed by atoms with van der Waals surface area (Å²) < 4.78 is 5.27. The average Bonchev–Trinajstić information content (AvgIpc) is 3.19. The van der Waals surface area contributed by atoms with Gasteiger partial charge in [-0.2, -0.15) is 0 Å². The monoisotopic (exact) mass is 552 g/mol. The minimum Gasteiger partial charge on any atom is -0.388 e. The summed E-state index contributed by atoms with van der Waals surface area (Å²) in [5.74, 6) is 0.814. The van der Waals surface area contributed by atoms with Crippen molar-refractivity contribution in [3.8, 4) is 0 Å². The lowest BCUT2D eigenvalue weighted by molar-refractivity contribution is -0.0725. The summed E-state index contributed by atoms with van der Waals surface area (Å²) in [6.45, 7) is 7.44. The molecule has 40 heavy (non-hydrogen) atoms. The molecular weight excluding hydrogens is 504 g/mol. The molecule has 0 bridgehead atoms. The molecule has 2 N–H and O–H groups in total. The topological polar surface area (TPSA) is 83.9 Å². The number of benzene rings is 1. The Morgan fingerprint density at radius 1 is 1.12 bits per heavy atom. The second-order valence-electron chi connectivity index (χ2n) is 12.5. The van der Waals surface area contributed by atoms with Gasteiger partial charge >= 0.3 is 6.03 Å². The zero-order valence-electron chi connectivity index (χ0n) is 25.0. The Labute approximate surface area is 239 Å². The second-order valence-corrected chi connectivity index (χ2v) is 12.5. The highest BCUT2D eigenvalue weighted by molar-refractivity contribution is 5.84. The lowest BCUT2D eigenvalue weighted by Gasteiger charge is -2.52. The van der Waals surface area contributed by atoms with E-state index in [9.17, 15) is 9.90 Å². The van der Waals surface area contributed by atoms with Crippen LogP contribution in [0.15, 0.2) is 47.2 Å². The van der Waals surface area contributed by atoms with Crippen LogP contribution in [-0.4, -0.2) is 108 Å². The maximum atomic E-state index is 14.2. The molecule has 0 aromatic heterocycles. The van der Waals surface area contributed by atoms with Gasteiger partial charge in [-0.3, -0.25) is 9.80 Å². The number of likely N-dealkylation sites (N-methyl/N-ethyl adjacent to an activating group) is 1. The molecule has 0 radical (unpaired) electrons. The summed E-state index contributed by atoms with van der Waals surface area (Å²) in [7, 11) is 6.06. The van der Waals surface area contributed by atoms with Crippen LogP contribution in [0, 0.1) is 0 Å². The van der Waals surface area contributed by atoms with E-state index in [1.165, 1.54) is 5.56 Å². The van der Waals surface area contributed by atoms with E-state index >= 15 is 0 Å². The van der Waals surface area contributed by atoms with Crippen molar-refractivity contribution >= 4 is 12.0 Å². The van der Waals surface area contributed by atoms with Crippen LogP contribution in [0.3, 0.4) is 0 Å². The summed E-state index contributed by atoms with van der Waals surface area (Å²) in [6.07, 6.45) is 8.12. The molecule has 1 saturated heterocycles. The SMILES string of the molecule is CCN(CCOC)C1=NC=C(N2C[C@]3(CC[C@](c4ccccc4)(N(C)C)CC3)N(CC3(O)CCC3)C2=O)C(C)N1. The Bertz CT molecular complexity index is 1110. The molecule has 5 rings (SSSR count). The van der Waals surface area contributed by atoms with Crippen LogP contribution in [0.25, 0.3) is 0 Å². The van der Waals surface area contributed by atoms with E-state index in [1.807, 2.05) is 16.0 Å². The van der Waals surface area contributed by atoms with Crippen molar-refractivity contribution in [1.82, 2.24) is 24.9 Å². The maximum absolute atomic E-state index is 14.2. The second kappa shape index (κ2) is 11.3. The van der Waals surface area contributed by atoms with Gasteiger partial charge in [-0.25, -0.2) is 9.79 Å². The molecule has 2 heterocycles. The van der Waals surface area contributed by atoms with Crippen LogP contribution < -0.4 is 5.32 Å². The van der Waals surface area contributed by atoms with Gasteiger partial charge in [0.25, 0.3) is 0 Å². The number of guanidine groups is 1. The van der Waals surface area contributed by atoms with E-state index in [0.29, 0.717) is 19.7 Å². The standard InChI is InChI=1S/C31H48N6O3/c1-6-35(19-20-40-5)27-32-21-26(24(2)33-27)36-22-29(37(28(36)38)23-30(39)13-10-14-30)15-17-31(18-16-29,34(3)4)25-11-8-7-9-12-25/h7-9,11-12,21,24,39H,6,10,13-20,22-23H2,1-5H3,(H,32,33)/t24?,29-,31+. The molecular formula is C31H48N6O3. The van der Waals surface area contributed by atoms with Gasteiger partial charge in [-0.1, -0.05) is 30.3 Å². The van der Waals surface area contributed by atoms with E-state index in [4.69, 9.17) is 9.73 Å². The Balaban J connectivity index is 1.43. The van der Waals surface area contributed by atoms with Crippen molar-refractivity contribution in [1.29, 1.82) is 0 Å². The fourth-order valence-corrected chi connectivity index (χ4v) is 7.21. The van der Waals surface area contributed by atoms with Gasteiger partial charge in [0.05, 0.1) is 48.8 Å². The van der Waals surface area contributed by atoms with Crippen LogP contribution in [0.1, 0.15) is 64.4 Å². The largest absolute Gasteiger partial charge is 0.388 e. The predicted octanol–water partition coefficient (Wildman–Crippen LogP) is 3.57. The number of aliphatic imine (C=N–C) groups is 1. The van der Waals surface area contributed by atoms with Crippen molar-refractivity contribution in [3.63, 3.8) is 0 Å². The molecule has 9 nitrogen and oxygen atoms in total. The van der Waals surface area contributed by atoms with Gasteiger partial charge in [-0.15, -0.1) is 0 Å². The average molecular weight is 553 g/mol. The quantitative estimate of drug-likeness (QED) is 0.488. The van der Waals surface area contributed by atoms with Crippen LogP contribution in [-0.2, 0) is 10.3 Å². The van der Waals surface area contributed by atoms with Gasteiger partial charge in [0.2, 0.25) is 0 Å². The Morgan fingerprint density at radius 3 is 2.38 bits per heavy atom. The first kappa shape index (κ1) is 28.9. The fourth-order valence-electron chi connectivity index (χ4n) is 7.21. The molecule has 2 amide bonds. The number of ether oxygens (including phenoxy) is 1. The molecule has 2 saturated carbocycles. The van der Waals surface area contributed by atoms with Crippen LogP contribution in [0.5, 0.6) is 0 Å². The number of nitrogens with zero attached hydrogens (tertiary/aromatic N) is 5. The molecule has 1 aromatic rings. The first-order valence-electron chi connectivity index (χ1n) is 15.0. The first-order valence-corrected chi connectivity index (χ1v) is 15.0. The van der Waals surface area contributed by atoms with E-state index in [1.54, 1.807) is 7.11 Å². The van der Waals surface area contributed by atoms with Crippen LogP contribution in [0.4, 0.5) is 4.79 Å². The normalized spacial score (nSPS) is 29.8. The van der Waals surface area contributed by atoms with Gasteiger partial charge in [0, 0.05) is 25.7 Å². The highest BCUT2D eigenvalue weighted by Gasteiger charge is 2.57. The lowest BCUT2D eigenvalue weighted by Crippen LogP contribution is -2.59. The molecule has 1 atom stereocenters. The molecule has 1 unspecified atom stereocenters. The Kier molecular flexibility index (Phi) is 8.19. The zero-order valence-corrected chi connectivity index (χ0v) is 25.0. The number of hydrogen-bond acceptors (Lipinski definition) is 7. The molecule has 2 aliphatic heterocycles. The maximum Gasteiger partial charge on any atom is 0.325 e. The summed E-state index contributed by atoms with van der Waals surface area (Å²) in [4.78, 5) is 27.5. The zero-order chi connectivity index (χ0) is 28.5. The van der Waals surface area contributed by atoms with E-state index in [-0.39, 0.29) is 23.2 Å². The number of aliphatic hydroxyl groups is 1. The Morgan fingerprint density at radius 2 is 1.82 bits per heavy atom. The Hall–Kier alpha value is -2.62. The predicted molar refractivity (Wildman–Crippen MR) is 158 cm³/mol. The van der Waals surface area contributed by atoms with Crippen molar-refractivity contribution in [3.05, 3.63) is 47.8 Å². The van der Waals surface area contributed by atoms with Gasteiger partial charge in [0.15, 0.2) is 5.96 Å². The number of β-amino-alcohol motifs (C(OH)–C–C–N with tert-alkyl or cyclic N) is 1. The lowest BCUT2D eigenvalue weighted by atomic mass is 9.67. The number of rotatable bonds is 9. The number of urea groups is 1. The molecule has 9 heteroatoms. The molecule has 1 aromatic carbocycles. The number of amides is 2. The van der Waals surface area contributed by atoms with Gasteiger partial charge in [-0.05, 0) is 78.5 Å². The minimum absolute atomic E-state index is 0.00247. The van der Waals surface area contributed by atoms with E-state index < -0.39 is 5.60 Å². The smallest absolute Gasteiger partial charge is 0.325 e. The van der Waals surface area contributed by atoms with Crippen molar-refractivity contribution in [2.24, 2.45) is 4.99 Å². The third kappa shape index (κ3) is 5.12. The molecule has 4 aliphatic rings. The summed E-state index contributed by atoms with van der Waals surface area (Å²) in [6, 6.07) is 10.7. The number of methoxy groups -OCH3 is 1. The first-order chi connectivity index (χ1) is 19.2. The van der Waals surface area contributed by atoms with E-state index in [0.717, 1.165) is 69.7 Å². The van der Waals surface area contributed by atoms with Crippen LogP contribution in [0.2, 0.25) is 0 Å². The molecule has 220 valence electrons. The van der Waals surface area contributed by atoms with E-state index in [2.05, 4.69) is 73.4 Å². The number of carbonyl (C=O) groups excluding carboxylic acids is 1. The summed E-state index contributed by atoms with van der Waals surface area (Å²) in [5, 5.41) is 14.8. The number of hydrogen-bond donors (Lipinski definition) is 2. The summed E-state index contributed by atoms with van der Waals surface area (Å²) in [5.41, 5.74) is 1.09. The van der Waals surface area contributed by atoms with Crippen LogP contribution >= 0.6 is 0 Å². The molecule has 2 aliphatic carbocycles. The number of carbonyl (C=O) groups is 1. The highest BCUT2D eigenvalue weighted by atomic mass is 16.5. The molecule has 1 spiro atoms. The minimum atomic E-state index is -0.771. The van der Waals surface area contributed by atoms with Crippen molar-refractivity contribution in [2.45, 2.75) is 81.5 Å². The van der Waals surface area contributed by atoms with Crippen molar-refractivity contribution < 1.29 is 14.6 Å². The number of nitrogens with one attached hydrogen (secondary N) is 1. The molecule has 3 fully saturated rings. The van der Waals surface area contributed by atoms with Gasteiger partial charge in [0.1, 0.15) is 0 Å².